The van der Waals surface area contributed by atoms with Crippen molar-refractivity contribution >= 4 is 23.3 Å². The first-order valence-corrected chi connectivity index (χ1v) is 9.14. The van der Waals surface area contributed by atoms with Crippen LogP contribution in [0.2, 0.25) is 5.02 Å². The van der Waals surface area contributed by atoms with E-state index in [0.717, 1.165) is 19.3 Å². The van der Waals surface area contributed by atoms with Crippen molar-refractivity contribution < 1.29 is 27.2 Å². The molecule has 10 heteroatoms. The number of hydrogen-bond acceptors (Lipinski definition) is 4. The summed E-state index contributed by atoms with van der Waals surface area (Å²) in [6, 6.07) is 4.83. The van der Waals surface area contributed by atoms with E-state index in [4.69, 9.17) is 11.6 Å². The van der Waals surface area contributed by atoms with E-state index >= 15 is 0 Å². The highest BCUT2D eigenvalue weighted by Gasteiger charge is 2.42. The molecule has 29 heavy (non-hydrogen) atoms. The van der Waals surface area contributed by atoms with Gasteiger partial charge < -0.3 is 5.32 Å². The van der Waals surface area contributed by atoms with Crippen molar-refractivity contribution in [2.75, 3.05) is 6.54 Å². The van der Waals surface area contributed by atoms with Crippen LogP contribution in [0.4, 0.5) is 17.6 Å². The molecule has 0 atom stereocenters. The number of nitrogens with one attached hydrogen (secondary N) is 1. The molecule has 1 aromatic heterocycles. The highest BCUT2D eigenvalue weighted by Crippen LogP contribution is 2.47. The number of benzene rings is 1. The number of ketones is 1. The van der Waals surface area contributed by atoms with Gasteiger partial charge in [-0.3, -0.25) is 9.59 Å². The Kier molecular flexibility index (Phi) is 5.88. The highest BCUT2D eigenvalue weighted by atomic mass is 35.5. The second-order valence-electron chi connectivity index (χ2n) is 6.90. The predicted octanol–water partition coefficient (Wildman–Crippen LogP) is 3.79. The lowest BCUT2D eigenvalue weighted by Gasteiger charge is -2.42. The summed E-state index contributed by atoms with van der Waals surface area (Å²) in [7, 11) is 0. The van der Waals surface area contributed by atoms with Crippen LogP contribution in [0.5, 0.6) is 0 Å². The van der Waals surface area contributed by atoms with Gasteiger partial charge in [0.25, 0.3) is 0 Å². The lowest BCUT2D eigenvalue weighted by molar-refractivity contribution is -0.173. The zero-order chi connectivity index (χ0) is 21.2. The first-order valence-electron chi connectivity index (χ1n) is 8.76. The minimum Gasteiger partial charge on any atom is -0.341 e. The van der Waals surface area contributed by atoms with E-state index in [2.05, 4.69) is 9.97 Å². The fourth-order valence-corrected chi connectivity index (χ4v) is 3.49. The molecule has 3 rings (SSSR count). The maximum Gasteiger partial charge on any atom is 0.471 e. The van der Waals surface area contributed by atoms with E-state index in [9.17, 15) is 27.2 Å². The number of carbonyl (C=O) groups excluding carboxylic acids is 2. The Morgan fingerprint density at radius 3 is 2.38 bits per heavy atom. The molecule has 1 aromatic carbocycles. The highest BCUT2D eigenvalue weighted by molar-refractivity contribution is 6.30. The molecule has 1 fully saturated rings. The number of alkyl halides is 3. The minimum atomic E-state index is -5.06. The van der Waals surface area contributed by atoms with Gasteiger partial charge in [0.05, 0.1) is 17.1 Å². The molecule has 1 amide bonds. The zero-order valence-corrected chi connectivity index (χ0v) is 15.8. The monoisotopic (exact) mass is 429 g/mol. The summed E-state index contributed by atoms with van der Waals surface area (Å²) < 4.78 is 51.0. The van der Waals surface area contributed by atoms with Crippen LogP contribution in [0.25, 0.3) is 0 Å². The van der Waals surface area contributed by atoms with Gasteiger partial charge in [0, 0.05) is 24.2 Å². The predicted molar refractivity (Wildman–Crippen MR) is 96.1 cm³/mol. The molecule has 1 aliphatic rings. The van der Waals surface area contributed by atoms with Gasteiger partial charge in [0.1, 0.15) is 11.6 Å². The van der Waals surface area contributed by atoms with Gasteiger partial charge in [0.2, 0.25) is 0 Å². The van der Waals surface area contributed by atoms with Crippen LogP contribution in [0.3, 0.4) is 0 Å². The first kappa shape index (κ1) is 21.2. The number of halogens is 5. The van der Waals surface area contributed by atoms with Crippen molar-refractivity contribution in [3.8, 4) is 0 Å². The third kappa shape index (κ3) is 4.55. The number of Topliss-reactive ketones (excluding diaryl/α,β-unsaturated/α-hetero) is 1. The van der Waals surface area contributed by atoms with E-state index in [1.165, 1.54) is 23.8 Å². The van der Waals surface area contributed by atoms with Crippen LogP contribution < -0.4 is 5.32 Å². The molecule has 154 valence electrons. The summed E-state index contributed by atoms with van der Waals surface area (Å²) in [6.45, 7) is -0.821. The molecule has 0 saturated heterocycles. The Morgan fingerprint density at radius 2 is 1.83 bits per heavy atom. The second kappa shape index (κ2) is 8.06. The molecular formula is C19H16ClF4N3O2. The summed E-state index contributed by atoms with van der Waals surface area (Å²) in [5, 5.41) is 1.54. The van der Waals surface area contributed by atoms with Crippen LogP contribution in [-0.2, 0) is 16.6 Å². The fraction of sp³-hybridized carbons (Fsp3) is 0.368. The van der Waals surface area contributed by atoms with Crippen molar-refractivity contribution in [1.82, 2.24) is 15.3 Å². The van der Waals surface area contributed by atoms with Gasteiger partial charge in [-0.2, -0.15) is 13.2 Å². The Bertz CT molecular complexity index is 928. The summed E-state index contributed by atoms with van der Waals surface area (Å²) in [4.78, 5) is 30.9. The number of carbonyl (C=O) groups is 2. The molecule has 0 spiro atoms. The van der Waals surface area contributed by atoms with Crippen molar-refractivity contribution in [3.63, 3.8) is 0 Å². The zero-order valence-electron chi connectivity index (χ0n) is 15.0. The Labute approximate surface area is 168 Å². The quantitative estimate of drug-likeness (QED) is 0.560. The number of hydrogen-bond donors (Lipinski definition) is 1. The number of rotatable bonds is 6. The Hall–Kier alpha value is -2.55. The third-order valence-electron chi connectivity index (χ3n) is 5.02. The molecular weight excluding hydrogens is 414 g/mol. The van der Waals surface area contributed by atoms with Crippen molar-refractivity contribution in [2.45, 2.75) is 37.3 Å². The maximum absolute atomic E-state index is 14.5. The minimum absolute atomic E-state index is 0.0344. The molecule has 0 aliphatic heterocycles. The van der Waals surface area contributed by atoms with Crippen LogP contribution in [-0.4, -0.2) is 34.4 Å². The lowest BCUT2D eigenvalue weighted by atomic mass is 9.62. The molecule has 0 radical (unpaired) electrons. The van der Waals surface area contributed by atoms with Crippen molar-refractivity contribution in [3.05, 3.63) is 58.4 Å². The van der Waals surface area contributed by atoms with Gasteiger partial charge >= 0.3 is 12.1 Å². The summed E-state index contributed by atoms with van der Waals surface area (Å²) in [6.07, 6.45) is 0.0318. The van der Waals surface area contributed by atoms with Gasteiger partial charge in [-0.15, -0.1) is 0 Å². The molecule has 0 unspecified atom stereocenters. The van der Waals surface area contributed by atoms with E-state index in [-0.39, 0.29) is 10.6 Å². The number of nitrogens with zero attached hydrogens (tertiary/aromatic N) is 2. The summed E-state index contributed by atoms with van der Waals surface area (Å²) >= 11 is 5.90. The average molecular weight is 430 g/mol. The maximum atomic E-state index is 14.5. The summed E-state index contributed by atoms with van der Waals surface area (Å²) in [5.74, 6) is -3.05. The van der Waals surface area contributed by atoms with Gasteiger partial charge in [-0.1, -0.05) is 30.2 Å². The Morgan fingerprint density at radius 1 is 1.17 bits per heavy atom. The van der Waals surface area contributed by atoms with Crippen molar-refractivity contribution in [2.24, 2.45) is 0 Å². The molecule has 5 nitrogen and oxygen atoms in total. The topological polar surface area (TPSA) is 72.0 Å². The molecule has 1 heterocycles. The van der Waals surface area contributed by atoms with E-state index in [1.54, 1.807) is 12.1 Å². The molecule has 1 saturated carbocycles. The molecule has 2 aromatic rings. The standard InChI is InChI=1S/C19H16ClF4N3O2/c20-13-4-1-3-12(16(13)21)18(5-2-6-18)7-15-25-8-11(9-26-15)14(28)10-27-17(29)19(22,23)24/h1,3-4,8-9H,2,5-7,10H2,(H,27,29). The fourth-order valence-electron chi connectivity index (χ4n) is 3.31. The van der Waals surface area contributed by atoms with E-state index in [0.29, 0.717) is 17.8 Å². The van der Waals surface area contributed by atoms with Crippen molar-refractivity contribution in [1.29, 1.82) is 0 Å². The molecule has 0 bridgehead atoms. The van der Waals surface area contributed by atoms with Gasteiger partial charge in [-0.05, 0) is 24.5 Å². The SMILES string of the molecule is O=C(CNC(=O)C(F)(F)F)c1cnc(CC2(c3cccc(Cl)c3F)CCC2)nc1. The number of amides is 1. The molecule has 1 aliphatic carbocycles. The van der Waals surface area contributed by atoms with Crippen LogP contribution in [0.1, 0.15) is 41.0 Å². The smallest absolute Gasteiger partial charge is 0.341 e. The number of aromatic nitrogens is 2. The van der Waals surface area contributed by atoms with Crippen LogP contribution >= 0.6 is 11.6 Å². The van der Waals surface area contributed by atoms with E-state index in [1.807, 2.05) is 0 Å². The largest absolute Gasteiger partial charge is 0.471 e. The average Bonchev–Trinajstić information content (AvgIpc) is 2.64. The normalized spacial score (nSPS) is 15.5. The molecule has 1 N–H and O–H groups in total. The Balaban J connectivity index is 1.69. The van der Waals surface area contributed by atoms with Gasteiger partial charge in [-0.25, -0.2) is 14.4 Å². The van der Waals surface area contributed by atoms with Crippen LogP contribution in [0.15, 0.2) is 30.6 Å². The summed E-state index contributed by atoms with van der Waals surface area (Å²) in [5.41, 5.74) is -0.0241. The first-order chi connectivity index (χ1) is 13.6. The second-order valence-corrected chi connectivity index (χ2v) is 7.31. The van der Waals surface area contributed by atoms with Crippen LogP contribution in [0, 0.1) is 5.82 Å². The van der Waals surface area contributed by atoms with Gasteiger partial charge in [0.15, 0.2) is 5.78 Å². The van der Waals surface area contributed by atoms with E-state index < -0.39 is 35.6 Å². The lowest BCUT2D eigenvalue weighted by Crippen LogP contribution is -2.39. The third-order valence-corrected chi connectivity index (χ3v) is 5.32.